The van der Waals surface area contributed by atoms with E-state index in [0.29, 0.717) is 4.65 Å². The summed E-state index contributed by atoms with van der Waals surface area (Å²) < 4.78 is 0.642. The van der Waals surface area contributed by atoms with Gasteiger partial charge in [-0.05, 0) is 5.92 Å². The second kappa shape index (κ2) is 12.2. The molecule has 0 aliphatic carbocycles. The predicted octanol–water partition coefficient (Wildman–Crippen LogP) is 5.41. The van der Waals surface area contributed by atoms with Gasteiger partial charge in [0.05, 0.1) is 4.65 Å². The molecule has 0 N–H and O–H groups in total. The number of carbonyl (C=O) groups is 1. The van der Waals surface area contributed by atoms with Gasteiger partial charge in [0, 0.05) is 0 Å². The number of unbranched alkanes of at least 4 members (excludes halogenated alkanes) is 6. The summed E-state index contributed by atoms with van der Waals surface area (Å²) in [4.78, 5) is 12.2. The van der Waals surface area contributed by atoms with E-state index >= 15 is 0 Å². The summed E-state index contributed by atoms with van der Waals surface area (Å²) in [5.74, 6) is 0.277. The number of hydrogen-bond acceptors (Lipinski definition) is 1. The summed E-state index contributed by atoms with van der Waals surface area (Å²) in [5, 5.41) is 2.53. The second-order valence-corrected chi connectivity index (χ2v) is 9.07. The van der Waals surface area contributed by atoms with Gasteiger partial charge in [0.15, 0.2) is 0 Å². The third-order valence-electron chi connectivity index (χ3n) is 3.78. The lowest BCUT2D eigenvalue weighted by Gasteiger charge is -2.13. The van der Waals surface area contributed by atoms with Crippen molar-refractivity contribution in [3.8, 4) is 0 Å². The van der Waals surface area contributed by atoms with Crippen LogP contribution in [0.15, 0.2) is 0 Å². The van der Waals surface area contributed by atoms with E-state index in [0.717, 1.165) is 0 Å². The molecule has 0 aliphatic heterocycles. The van der Waals surface area contributed by atoms with Crippen LogP contribution in [-0.2, 0) is 4.79 Å². The van der Waals surface area contributed by atoms with Gasteiger partial charge in [-0.1, -0.05) is 89.6 Å². The lowest BCUT2D eigenvalue weighted by Crippen LogP contribution is -2.29. The fraction of sp³-hybridized carbons (Fsp3) is 0.938. The number of hydrogen-bond donors (Lipinski definition) is 0. The maximum absolute atomic E-state index is 12.2. The average molecular weight is 268 g/mol. The van der Waals surface area contributed by atoms with Crippen molar-refractivity contribution < 1.29 is 4.79 Å². The van der Waals surface area contributed by atoms with E-state index in [1.807, 2.05) is 0 Å². The van der Waals surface area contributed by atoms with E-state index in [2.05, 4.69) is 27.7 Å². The van der Waals surface area contributed by atoms with Crippen molar-refractivity contribution in [2.75, 3.05) is 0 Å². The molecular formula is C16H33AlO. The Balaban J connectivity index is 3.96. The molecular weight excluding hydrogens is 235 g/mol. The maximum atomic E-state index is 12.2. The lowest BCUT2D eigenvalue weighted by atomic mass is 10.2. The lowest BCUT2D eigenvalue weighted by molar-refractivity contribution is -0.115. The third kappa shape index (κ3) is 9.17. The van der Waals surface area contributed by atoms with Gasteiger partial charge >= 0.3 is 14.1 Å². The first-order chi connectivity index (χ1) is 8.63. The molecule has 2 heteroatoms. The Morgan fingerprint density at radius 1 is 0.833 bits per heavy atom. The predicted molar refractivity (Wildman–Crippen MR) is 83.5 cm³/mol. The highest BCUT2D eigenvalue weighted by Gasteiger charge is 2.27. The Hall–Kier alpha value is 0.202. The minimum atomic E-state index is -1.11. The van der Waals surface area contributed by atoms with Gasteiger partial charge in [-0.25, -0.2) is 0 Å². The molecule has 0 atom stereocenters. The molecule has 0 fully saturated rings. The van der Waals surface area contributed by atoms with Gasteiger partial charge < -0.3 is 4.79 Å². The average Bonchev–Trinajstić information content (AvgIpc) is 2.36. The van der Waals surface area contributed by atoms with E-state index in [1.165, 1.54) is 61.9 Å². The number of rotatable bonds is 12. The van der Waals surface area contributed by atoms with Gasteiger partial charge in [0.2, 0.25) is 0 Å². The van der Waals surface area contributed by atoms with Crippen LogP contribution in [0, 0.1) is 5.92 Å². The molecule has 0 aromatic carbocycles. The Kier molecular flexibility index (Phi) is 12.4. The van der Waals surface area contributed by atoms with E-state index in [4.69, 9.17) is 0 Å². The van der Waals surface area contributed by atoms with Crippen molar-refractivity contribution in [3.63, 3.8) is 0 Å². The third-order valence-corrected chi connectivity index (χ3v) is 7.47. The zero-order valence-corrected chi connectivity index (χ0v) is 14.3. The molecule has 1 nitrogen and oxygen atoms in total. The zero-order valence-electron chi connectivity index (χ0n) is 13.1. The van der Waals surface area contributed by atoms with Crippen LogP contribution >= 0.6 is 0 Å². The van der Waals surface area contributed by atoms with E-state index in [9.17, 15) is 4.79 Å². The van der Waals surface area contributed by atoms with Crippen molar-refractivity contribution in [2.45, 2.75) is 89.6 Å². The first-order valence-corrected chi connectivity index (χ1v) is 10.4. The van der Waals surface area contributed by atoms with Crippen LogP contribution in [0.5, 0.6) is 0 Å². The smallest absolute Gasteiger partial charge is 0.321 e. The molecule has 106 valence electrons. The maximum Gasteiger partial charge on any atom is 0.366 e. The molecule has 0 aromatic rings. The second-order valence-electron chi connectivity index (χ2n) is 5.95. The molecule has 0 unspecified atom stereocenters. The zero-order chi connectivity index (χ0) is 13.8. The molecule has 0 radical (unpaired) electrons. The Morgan fingerprint density at radius 3 is 1.61 bits per heavy atom. The highest BCUT2D eigenvalue weighted by molar-refractivity contribution is 6.90. The quantitative estimate of drug-likeness (QED) is 0.342. The molecule has 18 heavy (non-hydrogen) atoms. The van der Waals surface area contributed by atoms with Gasteiger partial charge in [-0.3, -0.25) is 0 Å². The minimum Gasteiger partial charge on any atom is -0.321 e. The molecule has 0 bridgehead atoms. The highest BCUT2D eigenvalue weighted by Crippen LogP contribution is 2.16. The summed E-state index contributed by atoms with van der Waals surface area (Å²) in [6.45, 7) is 8.67. The largest absolute Gasteiger partial charge is 0.366 e. The summed E-state index contributed by atoms with van der Waals surface area (Å²) >= 11 is -1.11. The summed E-state index contributed by atoms with van der Waals surface area (Å²) in [6.07, 6.45) is 10.5. The van der Waals surface area contributed by atoms with Crippen LogP contribution < -0.4 is 0 Å². The topological polar surface area (TPSA) is 17.1 Å². The summed E-state index contributed by atoms with van der Waals surface area (Å²) in [5.41, 5.74) is 0. The summed E-state index contributed by atoms with van der Waals surface area (Å²) in [6, 6.07) is 0. The molecule has 0 aliphatic rings. The fourth-order valence-corrected chi connectivity index (χ4v) is 5.90. The van der Waals surface area contributed by atoms with Crippen molar-refractivity contribution >= 4 is 18.8 Å². The standard InChI is InChI=1S/2C6H13.C4H7O.Al/c2*1-3-5-6-4-2;1-4(2)3-5;/h2*1,3-6H2,2H3;4H,1-2H3;. The molecule has 0 heterocycles. The van der Waals surface area contributed by atoms with E-state index in [1.54, 1.807) is 0 Å². The van der Waals surface area contributed by atoms with Crippen molar-refractivity contribution in [1.29, 1.82) is 0 Å². The van der Waals surface area contributed by atoms with Gasteiger partial charge in [-0.15, -0.1) is 0 Å². The molecule has 0 rings (SSSR count). The molecule has 0 saturated carbocycles. The molecule has 0 aromatic heterocycles. The van der Waals surface area contributed by atoms with E-state index in [-0.39, 0.29) is 5.92 Å². The van der Waals surface area contributed by atoms with Crippen LogP contribution in [-0.4, -0.2) is 18.8 Å². The van der Waals surface area contributed by atoms with Crippen LogP contribution in [0.25, 0.3) is 0 Å². The van der Waals surface area contributed by atoms with Crippen LogP contribution in [0.2, 0.25) is 10.6 Å². The first kappa shape index (κ1) is 18.2. The monoisotopic (exact) mass is 268 g/mol. The Bertz CT molecular complexity index is 189. The van der Waals surface area contributed by atoms with Crippen LogP contribution in [0.1, 0.15) is 79.1 Å². The minimum absolute atomic E-state index is 0.277. The normalized spacial score (nSPS) is 10.9. The van der Waals surface area contributed by atoms with Gasteiger partial charge in [0.1, 0.15) is 0 Å². The fourth-order valence-electron chi connectivity index (χ4n) is 2.54. The van der Waals surface area contributed by atoms with Crippen molar-refractivity contribution in [2.24, 2.45) is 5.92 Å². The summed E-state index contributed by atoms with van der Waals surface area (Å²) in [7, 11) is 0. The molecule has 0 spiro atoms. The number of carbonyl (C=O) groups excluding carboxylic acids is 1. The highest BCUT2D eigenvalue weighted by atomic mass is 27.2. The van der Waals surface area contributed by atoms with Crippen LogP contribution in [0.3, 0.4) is 0 Å². The molecule has 0 saturated heterocycles. The van der Waals surface area contributed by atoms with Crippen molar-refractivity contribution in [3.05, 3.63) is 0 Å². The Labute approximate surface area is 119 Å². The first-order valence-electron chi connectivity index (χ1n) is 8.17. The SMILES string of the molecule is CCCCC[CH2][Al]([CH2]CCCCC)[C](=O)C(C)C. The van der Waals surface area contributed by atoms with Crippen molar-refractivity contribution in [1.82, 2.24) is 0 Å². The van der Waals surface area contributed by atoms with Gasteiger partial charge in [0.25, 0.3) is 0 Å². The van der Waals surface area contributed by atoms with Crippen LogP contribution in [0.4, 0.5) is 0 Å². The Morgan fingerprint density at radius 2 is 1.28 bits per heavy atom. The van der Waals surface area contributed by atoms with Gasteiger partial charge in [-0.2, -0.15) is 0 Å². The van der Waals surface area contributed by atoms with E-state index < -0.39 is 14.1 Å². The molecule has 0 amide bonds.